The minimum absolute atomic E-state index is 0.466. The van der Waals surface area contributed by atoms with Gasteiger partial charge in [0.1, 0.15) is 22.6 Å². The lowest BCUT2D eigenvalue weighted by atomic mass is 9.93. The molecule has 4 rings (SSSR count). The normalized spacial score (nSPS) is 16.2. The predicted molar refractivity (Wildman–Crippen MR) is 111 cm³/mol. The van der Waals surface area contributed by atoms with Crippen molar-refractivity contribution >= 4 is 28.8 Å². The number of aromatic nitrogens is 4. The molecule has 0 atom stereocenters. The Kier molecular flexibility index (Phi) is 5.31. The average molecular weight is 450 g/mol. The number of aromatic amines is 1. The number of pyridine rings is 1. The molecule has 0 bridgehead atoms. The molecule has 1 aliphatic heterocycles. The number of nitrogens with zero attached hydrogens (tertiary/aromatic N) is 4. The van der Waals surface area contributed by atoms with E-state index >= 15 is 0 Å². The Labute approximate surface area is 180 Å². The molecule has 12 heteroatoms. The molecule has 9 nitrogen and oxygen atoms in total. The van der Waals surface area contributed by atoms with Crippen molar-refractivity contribution in [3.63, 3.8) is 0 Å². The van der Waals surface area contributed by atoms with Crippen LogP contribution in [0.2, 0.25) is 0 Å². The first kappa shape index (κ1) is 21.7. The highest BCUT2D eigenvalue weighted by atomic mass is 19.4. The van der Waals surface area contributed by atoms with Gasteiger partial charge in [-0.05, 0) is 19.1 Å². The van der Waals surface area contributed by atoms with E-state index in [9.17, 15) is 22.8 Å². The van der Waals surface area contributed by atoms with Gasteiger partial charge in [-0.3, -0.25) is 10.1 Å². The van der Waals surface area contributed by atoms with Gasteiger partial charge in [-0.15, -0.1) is 0 Å². The van der Waals surface area contributed by atoms with Crippen molar-refractivity contribution in [2.75, 3.05) is 23.3 Å². The highest BCUT2D eigenvalue weighted by Crippen LogP contribution is 2.31. The molecule has 0 radical (unpaired) electrons. The Morgan fingerprint density at radius 2 is 2.03 bits per heavy atom. The van der Waals surface area contributed by atoms with Crippen LogP contribution in [0.5, 0.6) is 0 Å². The maximum absolute atomic E-state index is 13.0. The molecule has 1 saturated heterocycles. The molecule has 1 amide bonds. The standard InChI is InChI=1S/C20H21F3N6O3/c1-19(4-7-29(8-5-19)15-10-25-16-13(26-15)3-6-24-16)32-18(31)27-14-9-12(20(21,22)23)11-28(2)17(14)30/h3,6,9-11H,4-5,7-8H2,1-2H3,(H,24,25)(H,27,31). The molecular formula is C20H21F3N6O3. The Bertz CT molecular complexity index is 1210. The van der Waals surface area contributed by atoms with E-state index in [4.69, 9.17) is 4.74 Å². The Hall–Kier alpha value is -3.57. The number of carbonyl (C=O) groups is 1. The number of H-pyrrole nitrogens is 1. The summed E-state index contributed by atoms with van der Waals surface area (Å²) in [6.07, 6.45) is -0.613. The van der Waals surface area contributed by atoms with Crippen LogP contribution in [-0.4, -0.2) is 44.3 Å². The number of carbonyl (C=O) groups excluding carboxylic acids is 1. The Morgan fingerprint density at radius 1 is 1.31 bits per heavy atom. The van der Waals surface area contributed by atoms with Crippen molar-refractivity contribution in [3.8, 4) is 0 Å². The van der Waals surface area contributed by atoms with Crippen LogP contribution in [0.4, 0.5) is 29.5 Å². The summed E-state index contributed by atoms with van der Waals surface area (Å²) in [6, 6.07) is 2.43. The fraction of sp³-hybridized carbons (Fsp3) is 0.400. The zero-order valence-corrected chi connectivity index (χ0v) is 17.4. The van der Waals surface area contributed by atoms with Crippen molar-refractivity contribution in [1.29, 1.82) is 0 Å². The number of rotatable bonds is 3. The second kappa shape index (κ2) is 7.84. The maximum atomic E-state index is 13.0. The molecule has 0 saturated carbocycles. The summed E-state index contributed by atoms with van der Waals surface area (Å²) >= 11 is 0. The molecule has 0 spiro atoms. The van der Waals surface area contributed by atoms with Crippen LogP contribution in [-0.2, 0) is 18.0 Å². The molecule has 3 aromatic heterocycles. The molecule has 1 aliphatic rings. The second-order valence-corrected chi connectivity index (χ2v) is 7.95. The number of piperidine rings is 1. The largest absolute Gasteiger partial charge is 0.443 e. The zero-order valence-electron chi connectivity index (χ0n) is 17.4. The summed E-state index contributed by atoms with van der Waals surface area (Å²) in [5.74, 6) is 0.705. The maximum Gasteiger partial charge on any atom is 0.417 e. The first-order chi connectivity index (χ1) is 15.0. The molecule has 0 aromatic carbocycles. The third kappa shape index (κ3) is 4.39. The quantitative estimate of drug-likeness (QED) is 0.635. The smallest absolute Gasteiger partial charge is 0.417 e. The lowest BCUT2D eigenvalue weighted by Crippen LogP contribution is -2.46. The van der Waals surface area contributed by atoms with Gasteiger partial charge in [0.2, 0.25) is 0 Å². The van der Waals surface area contributed by atoms with Crippen molar-refractivity contribution in [1.82, 2.24) is 19.5 Å². The van der Waals surface area contributed by atoms with Crippen molar-refractivity contribution in [2.24, 2.45) is 7.05 Å². The molecule has 32 heavy (non-hydrogen) atoms. The van der Waals surface area contributed by atoms with Gasteiger partial charge in [0.05, 0.1) is 11.8 Å². The number of hydrogen-bond acceptors (Lipinski definition) is 6. The zero-order chi connectivity index (χ0) is 23.1. The topological polar surface area (TPSA) is 105 Å². The molecular weight excluding hydrogens is 429 g/mol. The minimum atomic E-state index is -4.66. The average Bonchev–Trinajstić information content (AvgIpc) is 3.18. The Morgan fingerprint density at radius 3 is 2.72 bits per heavy atom. The highest BCUT2D eigenvalue weighted by molar-refractivity contribution is 5.84. The third-order valence-electron chi connectivity index (χ3n) is 5.48. The number of nitrogens with one attached hydrogen (secondary N) is 2. The van der Waals surface area contributed by atoms with Gasteiger partial charge < -0.3 is 19.2 Å². The van der Waals surface area contributed by atoms with Crippen molar-refractivity contribution in [3.05, 3.63) is 46.6 Å². The number of anilines is 2. The predicted octanol–water partition coefficient (Wildman–Crippen LogP) is 3.28. The van der Waals surface area contributed by atoms with Crippen molar-refractivity contribution < 1.29 is 22.7 Å². The van der Waals surface area contributed by atoms with Gasteiger partial charge in [0.25, 0.3) is 5.56 Å². The second-order valence-electron chi connectivity index (χ2n) is 7.95. The summed E-state index contributed by atoms with van der Waals surface area (Å²) in [4.78, 5) is 38.4. The van der Waals surface area contributed by atoms with E-state index in [1.807, 2.05) is 11.0 Å². The number of halogens is 3. The highest BCUT2D eigenvalue weighted by Gasteiger charge is 2.35. The molecule has 0 aliphatic carbocycles. The number of ether oxygens (including phenoxy) is 1. The summed E-state index contributed by atoms with van der Waals surface area (Å²) < 4.78 is 45.3. The number of alkyl halides is 3. The molecule has 0 unspecified atom stereocenters. The van der Waals surface area contributed by atoms with Gasteiger partial charge in [-0.1, -0.05) is 0 Å². The van der Waals surface area contributed by atoms with E-state index in [-0.39, 0.29) is 0 Å². The Balaban J connectivity index is 1.41. The van der Waals surface area contributed by atoms with Gasteiger partial charge in [0, 0.05) is 45.4 Å². The van der Waals surface area contributed by atoms with Crippen molar-refractivity contribution in [2.45, 2.75) is 31.5 Å². The van der Waals surface area contributed by atoms with Crippen LogP contribution in [0.1, 0.15) is 25.3 Å². The molecule has 1 fully saturated rings. The van der Waals surface area contributed by atoms with Crippen LogP contribution in [0.3, 0.4) is 0 Å². The summed E-state index contributed by atoms with van der Waals surface area (Å²) in [6.45, 7) is 2.83. The van der Waals surface area contributed by atoms with Gasteiger partial charge in [-0.25, -0.2) is 14.8 Å². The van der Waals surface area contributed by atoms with Gasteiger partial charge in [-0.2, -0.15) is 13.2 Å². The van der Waals surface area contributed by atoms with E-state index in [1.165, 1.54) is 7.05 Å². The molecule has 170 valence electrons. The lowest BCUT2D eigenvalue weighted by Gasteiger charge is -2.39. The van der Waals surface area contributed by atoms with E-state index < -0.39 is 34.7 Å². The third-order valence-corrected chi connectivity index (χ3v) is 5.48. The number of fused-ring (bicyclic) bond motifs is 1. The van der Waals surface area contributed by atoms with Crippen LogP contribution in [0.15, 0.2) is 35.5 Å². The number of aryl methyl sites for hydroxylation is 1. The fourth-order valence-corrected chi connectivity index (χ4v) is 3.60. The molecule has 2 N–H and O–H groups in total. The van der Waals surface area contributed by atoms with Crippen LogP contribution >= 0.6 is 0 Å². The minimum Gasteiger partial charge on any atom is -0.443 e. The van der Waals surface area contributed by atoms with Gasteiger partial charge in [0.15, 0.2) is 5.65 Å². The monoisotopic (exact) mass is 450 g/mol. The first-order valence-electron chi connectivity index (χ1n) is 9.87. The van der Waals surface area contributed by atoms with E-state index in [0.29, 0.717) is 49.7 Å². The van der Waals surface area contributed by atoms with E-state index in [2.05, 4.69) is 20.3 Å². The SMILES string of the molecule is Cn1cc(C(F)(F)F)cc(NC(=O)OC2(C)CCN(c3cnc4[nH]ccc4n3)CC2)c1=O. The summed E-state index contributed by atoms with van der Waals surface area (Å²) in [5.41, 5.74) is -1.73. The summed E-state index contributed by atoms with van der Waals surface area (Å²) in [5, 5.41) is 2.16. The fourth-order valence-electron chi connectivity index (χ4n) is 3.60. The number of hydrogen-bond donors (Lipinski definition) is 2. The molecule has 3 aromatic rings. The number of amides is 1. The first-order valence-corrected chi connectivity index (χ1v) is 9.87. The van der Waals surface area contributed by atoms with Crippen LogP contribution < -0.4 is 15.8 Å². The lowest BCUT2D eigenvalue weighted by molar-refractivity contribution is -0.138. The van der Waals surface area contributed by atoms with Crippen LogP contribution in [0.25, 0.3) is 11.2 Å². The van der Waals surface area contributed by atoms with E-state index in [1.54, 1.807) is 19.3 Å². The molecule has 4 heterocycles. The van der Waals surface area contributed by atoms with E-state index in [0.717, 1.165) is 10.1 Å². The summed E-state index contributed by atoms with van der Waals surface area (Å²) in [7, 11) is 1.18. The van der Waals surface area contributed by atoms with Gasteiger partial charge >= 0.3 is 12.3 Å². The van der Waals surface area contributed by atoms with Crippen LogP contribution in [0, 0.1) is 0 Å².